The van der Waals surface area contributed by atoms with E-state index in [1.807, 2.05) is 0 Å². The minimum absolute atomic E-state index is 0.0798. The van der Waals surface area contributed by atoms with Crippen molar-refractivity contribution < 1.29 is 19.4 Å². The SMILES string of the molecule is CCCCCCOC[C@@]12CC3=C(C)CC[C@H]3[C@@]3(C=O)C[C@@H]1C=C(C(C)C)[C@@]23C(=O)O. The van der Waals surface area contributed by atoms with Crippen molar-refractivity contribution in [3.8, 4) is 0 Å². The van der Waals surface area contributed by atoms with Gasteiger partial charge >= 0.3 is 5.97 Å². The van der Waals surface area contributed by atoms with E-state index >= 15 is 0 Å². The molecule has 0 saturated heterocycles. The molecule has 0 aromatic carbocycles. The number of carbonyl (C=O) groups excluding carboxylic acids is 1. The fourth-order valence-corrected chi connectivity index (χ4v) is 7.94. The number of aldehydes is 1. The normalized spacial score (nSPS) is 38.9. The lowest BCUT2D eigenvalue weighted by Gasteiger charge is -2.56. The Hall–Kier alpha value is -1.42. The summed E-state index contributed by atoms with van der Waals surface area (Å²) >= 11 is 0. The van der Waals surface area contributed by atoms with Gasteiger partial charge in [-0.15, -0.1) is 0 Å². The Morgan fingerprint density at radius 1 is 1.33 bits per heavy atom. The second-order valence-electron chi connectivity index (χ2n) is 10.6. The zero-order valence-corrected chi connectivity index (χ0v) is 19.1. The van der Waals surface area contributed by atoms with Crippen LogP contribution in [0.1, 0.15) is 79.1 Å². The third-order valence-electron chi connectivity index (χ3n) is 9.09. The minimum atomic E-state index is -1.12. The highest BCUT2D eigenvalue weighted by Crippen LogP contribution is 2.82. The second-order valence-corrected chi connectivity index (χ2v) is 10.6. The van der Waals surface area contributed by atoms with Crippen molar-refractivity contribution in [1.29, 1.82) is 0 Å². The van der Waals surface area contributed by atoms with E-state index in [4.69, 9.17) is 4.74 Å². The van der Waals surface area contributed by atoms with Crippen molar-refractivity contribution >= 4 is 12.3 Å². The molecule has 4 bridgehead atoms. The van der Waals surface area contributed by atoms with Crippen LogP contribution in [-0.4, -0.2) is 30.6 Å². The van der Waals surface area contributed by atoms with Gasteiger partial charge in [0.2, 0.25) is 0 Å². The average molecular weight is 415 g/mol. The summed E-state index contributed by atoms with van der Waals surface area (Å²) in [6, 6.07) is 0. The summed E-state index contributed by atoms with van der Waals surface area (Å²) in [6.07, 6.45) is 11.2. The number of carboxylic acid groups (broad SMARTS) is 1. The molecule has 4 aliphatic carbocycles. The van der Waals surface area contributed by atoms with E-state index in [1.165, 1.54) is 24.0 Å². The van der Waals surface area contributed by atoms with Gasteiger partial charge in [0.1, 0.15) is 11.7 Å². The number of carboxylic acids is 1. The summed E-state index contributed by atoms with van der Waals surface area (Å²) in [5, 5.41) is 10.9. The van der Waals surface area contributed by atoms with Gasteiger partial charge in [0.15, 0.2) is 0 Å². The summed E-state index contributed by atoms with van der Waals surface area (Å²) in [6.45, 7) is 9.67. The van der Waals surface area contributed by atoms with Crippen LogP contribution in [0.25, 0.3) is 0 Å². The molecule has 0 unspecified atom stereocenters. The lowest BCUT2D eigenvalue weighted by Crippen LogP contribution is -2.62. The summed E-state index contributed by atoms with van der Waals surface area (Å²) in [4.78, 5) is 26.1. The largest absolute Gasteiger partial charge is 0.481 e. The van der Waals surface area contributed by atoms with Gasteiger partial charge in [-0.1, -0.05) is 62.8 Å². The van der Waals surface area contributed by atoms with Crippen molar-refractivity contribution in [2.24, 2.45) is 34.0 Å². The van der Waals surface area contributed by atoms with E-state index in [0.717, 1.165) is 44.0 Å². The van der Waals surface area contributed by atoms with Crippen LogP contribution in [0.15, 0.2) is 22.8 Å². The van der Waals surface area contributed by atoms with E-state index in [9.17, 15) is 14.7 Å². The number of carbonyl (C=O) groups is 2. The van der Waals surface area contributed by atoms with E-state index < -0.39 is 22.2 Å². The summed E-state index contributed by atoms with van der Waals surface area (Å²) in [5.41, 5.74) is 1.26. The van der Waals surface area contributed by atoms with Gasteiger partial charge in [0, 0.05) is 12.0 Å². The first-order chi connectivity index (χ1) is 14.3. The Labute approximate surface area is 181 Å². The van der Waals surface area contributed by atoms with E-state index in [1.54, 1.807) is 0 Å². The van der Waals surface area contributed by atoms with Crippen molar-refractivity contribution in [1.82, 2.24) is 0 Å². The fraction of sp³-hybridized carbons (Fsp3) is 0.769. The molecule has 0 radical (unpaired) electrons. The molecule has 5 atom stereocenters. The van der Waals surface area contributed by atoms with Crippen LogP contribution in [-0.2, 0) is 14.3 Å². The maximum Gasteiger partial charge on any atom is 0.315 e. The van der Waals surface area contributed by atoms with E-state index in [2.05, 4.69) is 33.8 Å². The Morgan fingerprint density at radius 2 is 2.10 bits per heavy atom. The van der Waals surface area contributed by atoms with E-state index in [0.29, 0.717) is 19.6 Å². The average Bonchev–Trinajstić information content (AvgIpc) is 3.27. The highest BCUT2D eigenvalue weighted by Gasteiger charge is 2.83. The zero-order valence-electron chi connectivity index (χ0n) is 19.1. The third-order valence-corrected chi connectivity index (χ3v) is 9.09. The van der Waals surface area contributed by atoms with Gasteiger partial charge in [0.05, 0.1) is 12.0 Å². The number of hydrogen-bond donors (Lipinski definition) is 1. The lowest BCUT2D eigenvalue weighted by atomic mass is 9.44. The monoisotopic (exact) mass is 414 g/mol. The number of unbranched alkanes of at least 4 members (excludes halogenated alkanes) is 3. The number of rotatable bonds is 10. The molecule has 30 heavy (non-hydrogen) atoms. The Morgan fingerprint density at radius 3 is 2.73 bits per heavy atom. The topological polar surface area (TPSA) is 63.6 Å². The Balaban J connectivity index is 1.78. The van der Waals surface area contributed by atoms with Gasteiger partial charge in [-0.3, -0.25) is 4.79 Å². The van der Waals surface area contributed by atoms with Gasteiger partial charge in [-0.2, -0.15) is 0 Å². The molecule has 0 aromatic heterocycles. The highest BCUT2D eigenvalue weighted by atomic mass is 16.5. The standard InChI is InChI=1S/C26H38O4/c1-5-6-7-8-11-30-16-25-14-20-18(4)9-10-21(20)24(15-27)13-19(25)12-22(17(2)3)26(24,25)23(28)29/h12,15,17,19,21H,5-11,13-14,16H2,1-4H3,(H,28,29)/t19-,21+,24-,25-,26-/m0/s1. The molecule has 0 aliphatic heterocycles. The maximum absolute atomic E-state index is 13.3. The van der Waals surface area contributed by atoms with Gasteiger partial charge in [-0.25, -0.2) is 0 Å². The van der Waals surface area contributed by atoms with Crippen molar-refractivity contribution in [2.75, 3.05) is 13.2 Å². The molecule has 4 heteroatoms. The number of aliphatic carboxylic acids is 1. The predicted molar refractivity (Wildman–Crippen MR) is 117 cm³/mol. The molecule has 1 N–H and O–H groups in total. The van der Waals surface area contributed by atoms with Crippen LogP contribution in [0.3, 0.4) is 0 Å². The molecule has 0 heterocycles. The molecule has 2 fully saturated rings. The van der Waals surface area contributed by atoms with Crippen LogP contribution in [0, 0.1) is 34.0 Å². The molecular weight excluding hydrogens is 376 g/mol. The smallest absolute Gasteiger partial charge is 0.315 e. The number of fused-ring (bicyclic) bond motifs is 2. The summed E-state index contributed by atoms with van der Waals surface area (Å²) < 4.78 is 6.26. The van der Waals surface area contributed by atoms with E-state index in [-0.39, 0.29) is 17.8 Å². The van der Waals surface area contributed by atoms with Gasteiger partial charge < -0.3 is 14.6 Å². The first kappa shape index (κ1) is 21.8. The van der Waals surface area contributed by atoms with Crippen molar-refractivity contribution in [3.05, 3.63) is 22.8 Å². The van der Waals surface area contributed by atoms with Gasteiger partial charge in [-0.05, 0) is 56.8 Å². The summed E-state index contributed by atoms with van der Waals surface area (Å²) in [5.74, 6) is -0.496. The molecule has 0 aromatic rings. The van der Waals surface area contributed by atoms with Crippen LogP contribution < -0.4 is 0 Å². The zero-order chi connectivity index (χ0) is 21.7. The molecule has 0 amide bonds. The van der Waals surface area contributed by atoms with Crippen LogP contribution in [0.5, 0.6) is 0 Å². The van der Waals surface area contributed by atoms with Gasteiger partial charge in [0.25, 0.3) is 0 Å². The van der Waals surface area contributed by atoms with Crippen molar-refractivity contribution in [3.63, 3.8) is 0 Å². The molecular formula is C26H38O4. The molecule has 0 spiro atoms. The Kier molecular flexibility index (Phi) is 5.53. The highest BCUT2D eigenvalue weighted by molar-refractivity contribution is 5.91. The maximum atomic E-state index is 13.3. The number of allylic oxidation sites excluding steroid dienone is 3. The quantitative estimate of drug-likeness (QED) is 0.288. The second kappa shape index (κ2) is 7.62. The molecule has 4 nitrogen and oxygen atoms in total. The van der Waals surface area contributed by atoms with Crippen LogP contribution >= 0.6 is 0 Å². The predicted octanol–water partition coefficient (Wildman–Crippen LogP) is 5.57. The van der Waals surface area contributed by atoms with Crippen LogP contribution in [0.4, 0.5) is 0 Å². The minimum Gasteiger partial charge on any atom is -0.481 e. The lowest BCUT2D eigenvalue weighted by molar-refractivity contribution is -0.175. The molecule has 4 aliphatic rings. The fourth-order valence-electron chi connectivity index (χ4n) is 7.94. The summed E-state index contributed by atoms with van der Waals surface area (Å²) in [7, 11) is 0. The molecule has 2 saturated carbocycles. The first-order valence-corrected chi connectivity index (χ1v) is 12.0. The number of ether oxygens (including phenoxy) is 1. The van der Waals surface area contributed by atoms with Crippen molar-refractivity contribution in [2.45, 2.75) is 79.1 Å². The number of hydrogen-bond acceptors (Lipinski definition) is 3. The van der Waals surface area contributed by atoms with Crippen LogP contribution in [0.2, 0.25) is 0 Å². The molecule has 4 rings (SSSR count). The third kappa shape index (κ3) is 2.49. The molecule has 166 valence electrons. The Bertz CT molecular complexity index is 793. The first-order valence-electron chi connectivity index (χ1n) is 12.0.